The number of hydrogen-bond donors (Lipinski definition) is 3. The monoisotopic (exact) mass is 320 g/mol. The van der Waals surface area contributed by atoms with Gasteiger partial charge >= 0.3 is 0 Å². The van der Waals surface area contributed by atoms with Gasteiger partial charge in [0, 0.05) is 12.3 Å². The average molecular weight is 320 g/mol. The summed E-state index contributed by atoms with van der Waals surface area (Å²) >= 11 is 0. The van der Waals surface area contributed by atoms with Gasteiger partial charge in [0.05, 0.1) is 24.9 Å². The normalized spacial score (nSPS) is 37.0. The van der Waals surface area contributed by atoms with Gasteiger partial charge in [0.2, 0.25) is 0 Å². The summed E-state index contributed by atoms with van der Waals surface area (Å²) < 4.78 is 11.2. The number of ether oxygens (including phenoxy) is 2. The van der Waals surface area contributed by atoms with Crippen LogP contribution in [-0.4, -0.2) is 40.2 Å². The smallest absolute Gasteiger partial charge is 0.160 e. The Bertz CT molecular complexity index is 622. The van der Waals surface area contributed by atoms with Gasteiger partial charge in [-0.15, -0.1) is 0 Å². The van der Waals surface area contributed by atoms with Crippen molar-refractivity contribution in [2.24, 2.45) is 5.92 Å². The molecule has 0 aromatic heterocycles. The minimum Gasteiger partial charge on any atom is -0.504 e. The van der Waals surface area contributed by atoms with Gasteiger partial charge in [-0.2, -0.15) is 0 Å². The molecule has 0 saturated carbocycles. The van der Waals surface area contributed by atoms with E-state index in [1.165, 1.54) is 7.11 Å². The number of fused-ring (bicyclic) bond motifs is 1. The predicted octanol–water partition coefficient (Wildman–Crippen LogP) is 2.31. The van der Waals surface area contributed by atoms with Crippen molar-refractivity contribution in [1.29, 1.82) is 0 Å². The van der Waals surface area contributed by atoms with Crippen LogP contribution < -0.4 is 4.74 Å². The number of hydrogen-bond acceptors (Lipinski definition) is 5. The van der Waals surface area contributed by atoms with Crippen LogP contribution in [0.4, 0.5) is 0 Å². The van der Waals surface area contributed by atoms with Crippen LogP contribution in [0.2, 0.25) is 0 Å². The molecule has 0 spiro atoms. The van der Waals surface area contributed by atoms with Crippen molar-refractivity contribution < 1.29 is 24.8 Å². The van der Waals surface area contributed by atoms with Gasteiger partial charge in [-0.05, 0) is 43.5 Å². The van der Waals surface area contributed by atoms with Gasteiger partial charge in [0.15, 0.2) is 11.5 Å². The van der Waals surface area contributed by atoms with E-state index in [4.69, 9.17) is 9.47 Å². The molecule has 0 radical (unpaired) electrons. The Kier molecular flexibility index (Phi) is 4.12. The lowest BCUT2D eigenvalue weighted by atomic mass is 9.70. The van der Waals surface area contributed by atoms with E-state index in [-0.39, 0.29) is 17.8 Å². The van der Waals surface area contributed by atoms with Crippen LogP contribution in [0.5, 0.6) is 11.5 Å². The van der Waals surface area contributed by atoms with Crippen LogP contribution in [0.15, 0.2) is 29.8 Å². The highest BCUT2D eigenvalue weighted by Gasteiger charge is 2.49. The van der Waals surface area contributed by atoms with Gasteiger partial charge in [0.1, 0.15) is 6.10 Å². The van der Waals surface area contributed by atoms with Crippen LogP contribution in [0, 0.1) is 5.92 Å². The Morgan fingerprint density at radius 1 is 1.35 bits per heavy atom. The van der Waals surface area contributed by atoms with E-state index in [0.29, 0.717) is 18.6 Å². The molecular formula is C18H24O5. The third-order valence-corrected chi connectivity index (χ3v) is 5.16. The summed E-state index contributed by atoms with van der Waals surface area (Å²) in [7, 11) is 1.49. The lowest BCUT2D eigenvalue weighted by Crippen LogP contribution is -2.55. The van der Waals surface area contributed by atoms with Gasteiger partial charge in [-0.3, -0.25) is 0 Å². The molecule has 2 aliphatic rings. The van der Waals surface area contributed by atoms with Gasteiger partial charge in [-0.1, -0.05) is 12.1 Å². The molecule has 1 aromatic carbocycles. The van der Waals surface area contributed by atoms with E-state index < -0.39 is 17.8 Å². The van der Waals surface area contributed by atoms with E-state index in [2.05, 4.69) is 0 Å². The summed E-state index contributed by atoms with van der Waals surface area (Å²) in [4.78, 5) is 0. The van der Waals surface area contributed by atoms with Crippen LogP contribution in [-0.2, 0) is 4.74 Å². The Hall–Kier alpha value is -1.56. The van der Waals surface area contributed by atoms with Crippen molar-refractivity contribution in [1.82, 2.24) is 0 Å². The van der Waals surface area contributed by atoms with Crippen LogP contribution >= 0.6 is 0 Å². The minimum absolute atomic E-state index is 0.0376. The van der Waals surface area contributed by atoms with Crippen LogP contribution in [0.25, 0.3) is 0 Å². The number of allylic oxidation sites excluding steroid dienone is 1. The number of rotatable bonds is 2. The van der Waals surface area contributed by atoms with Crippen molar-refractivity contribution in [2.45, 2.75) is 50.6 Å². The van der Waals surface area contributed by atoms with E-state index in [0.717, 1.165) is 11.1 Å². The maximum Gasteiger partial charge on any atom is 0.160 e. The summed E-state index contributed by atoms with van der Waals surface area (Å²) in [5.41, 5.74) is 0.697. The number of methoxy groups -OCH3 is 1. The van der Waals surface area contributed by atoms with E-state index >= 15 is 0 Å². The van der Waals surface area contributed by atoms with Crippen molar-refractivity contribution in [3.8, 4) is 11.5 Å². The van der Waals surface area contributed by atoms with E-state index in [1.54, 1.807) is 19.1 Å². The number of phenols is 1. The molecule has 1 aromatic rings. The SMILES string of the molecule is COc1ccc(C2CC(C)(O)C3CC=C(C)C(O)C3O2)cc1O. The highest BCUT2D eigenvalue weighted by molar-refractivity contribution is 5.42. The summed E-state index contributed by atoms with van der Waals surface area (Å²) in [6.07, 6.45) is 1.54. The molecule has 1 saturated heterocycles. The first-order valence-corrected chi connectivity index (χ1v) is 7.93. The van der Waals surface area contributed by atoms with Gasteiger partial charge < -0.3 is 24.8 Å². The number of phenolic OH excluding ortho intramolecular Hbond substituents is 1. The second-order valence-electron chi connectivity index (χ2n) is 6.82. The fraction of sp³-hybridized carbons (Fsp3) is 0.556. The molecule has 3 rings (SSSR count). The predicted molar refractivity (Wildman–Crippen MR) is 85.4 cm³/mol. The highest BCUT2D eigenvalue weighted by atomic mass is 16.5. The molecule has 5 atom stereocenters. The molecule has 1 heterocycles. The molecular weight excluding hydrogens is 296 g/mol. The molecule has 1 aliphatic carbocycles. The third-order valence-electron chi connectivity index (χ3n) is 5.16. The Morgan fingerprint density at radius 3 is 2.74 bits per heavy atom. The maximum atomic E-state index is 10.9. The first-order chi connectivity index (χ1) is 10.8. The van der Waals surface area contributed by atoms with Crippen molar-refractivity contribution in [2.75, 3.05) is 7.11 Å². The molecule has 126 valence electrons. The van der Waals surface area contributed by atoms with E-state index in [1.807, 2.05) is 19.1 Å². The second-order valence-corrected chi connectivity index (χ2v) is 6.82. The van der Waals surface area contributed by atoms with Gasteiger partial charge in [-0.25, -0.2) is 0 Å². The summed E-state index contributed by atoms with van der Waals surface area (Å²) in [6, 6.07) is 5.09. The second kappa shape index (κ2) is 5.82. The summed E-state index contributed by atoms with van der Waals surface area (Å²) in [6.45, 7) is 3.67. The summed E-state index contributed by atoms with van der Waals surface area (Å²) in [5, 5.41) is 31.3. The largest absolute Gasteiger partial charge is 0.504 e. The quantitative estimate of drug-likeness (QED) is 0.729. The summed E-state index contributed by atoms with van der Waals surface area (Å²) in [5.74, 6) is 0.297. The van der Waals surface area contributed by atoms with Crippen molar-refractivity contribution in [3.63, 3.8) is 0 Å². The van der Waals surface area contributed by atoms with Crippen molar-refractivity contribution >= 4 is 0 Å². The minimum atomic E-state index is -0.943. The third kappa shape index (κ3) is 2.84. The Balaban J connectivity index is 1.91. The van der Waals surface area contributed by atoms with Gasteiger partial charge in [0.25, 0.3) is 0 Å². The standard InChI is InChI=1S/C18H24O5/c1-10-4-6-12-17(16(10)20)23-15(9-18(12,2)21)11-5-7-14(22-3)13(19)8-11/h4-5,7-8,12,15-17,19-21H,6,9H2,1-3H3. The lowest BCUT2D eigenvalue weighted by Gasteiger charge is -2.49. The molecule has 0 bridgehead atoms. The number of aliphatic hydroxyl groups is 2. The Morgan fingerprint density at radius 2 is 2.09 bits per heavy atom. The fourth-order valence-corrected chi connectivity index (χ4v) is 3.69. The van der Waals surface area contributed by atoms with Crippen molar-refractivity contribution in [3.05, 3.63) is 35.4 Å². The molecule has 5 nitrogen and oxygen atoms in total. The van der Waals surface area contributed by atoms with E-state index in [9.17, 15) is 15.3 Å². The maximum absolute atomic E-state index is 10.9. The zero-order valence-corrected chi connectivity index (χ0v) is 13.7. The molecule has 1 aliphatic heterocycles. The first-order valence-electron chi connectivity index (χ1n) is 7.93. The van der Waals surface area contributed by atoms with Crippen LogP contribution in [0.1, 0.15) is 38.4 Å². The molecule has 5 unspecified atom stereocenters. The topological polar surface area (TPSA) is 79.2 Å². The molecule has 23 heavy (non-hydrogen) atoms. The Labute approximate surface area is 136 Å². The molecule has 5 heteroatoms. The number of aromatic hydroxyl groups is 1. The highest BCUT2D eigenvalue weighted by Crippen LogP contribution is 2.47. The fourth-order valence-electron chi connectivity index (χ4n) is 3.69. The molecule has 3 N–H and O–H groups in total. The molecule has 0 amide bonds. The number of aliphatic hydroxyl groups excluding tert-OH is 1. The molecule has 1 fully saturated rings. The average Bonchev–Trinajstić information content (AvgIpc) is 2.50. The van der Waals surface area contributed by atoms with Crippen LogP contribution in [0.3, 0.4) is 0 Å². The first kappa shape index (κ1) is 16.3. The zero-order chi connectivity index (χ0) is 16.8. The zero-order valence-electron chi connectivity index (χ0n) is 13.7. The lowest BCUT2D eigenvalue weighted by molar-refractivity contribution is -0.206. The number of benzene rings is 1.